The van der Waals surface area contributed by atoms with Crippen LogP contribution in [0.15, 0.2) is 42.5 Å². The first-order valence-corrected chi connectivity index (χ1v) is 19.1. The van der Waals surface area contributed by atoms with Crippen molar-refractivity contribution in [3.8, 4) is 22.8 Å². The molecule has 0 aliphatic carbocycles. The SMILES string of the molecule is CCC(=O)CCCCC[C@@H]1NC(=O)[C@H]2CCCCN2C(=O)[C@H]([C@H](C)CC)NC(=O)[C@H](Cc2c(-c3cc(OC)cc(OC)c3)[nH]c3ccccc23)NC1=O. The van der Waals surface area contributed by atoms with E-state index in [0.717, 1.165) is 40.6 Å². The van der Waals surface area contributed by atoms with Crippen molar-refractivity contribution in [3.05, 3.63) is 48.0 Å². The summed E-state index contributed by atoms with van der Waals surface area (Å²) in [7, 11) is 3.16. The number of carbonyl (C=O) groups is 5. The topological polar surface area (TPSA) is 159 Å². The van der Waals surface area contributed by atoms with Gasteiger partial charge in [-0.25, -0.2) is 0 Å². The Kier molecular flexibility index (Phi) is 13.5. The number of hydrogen-bond donors (Lipinski definition) is 4. The molecule has 5 atom stereocenters. The van der Waals surface area contributed by atoms with Crippen molar-refractivity contribution in [2.75, 3.05) is 20.8 Å². The number of carbonyl (C=O) groups excluding carboxylic acids is 5. The average Bonchev–Trinajstić information content (AvgIpc) is 3.55. The Morgan fingerprint density at radius 3 is 2.26 bits per heavy atom. The number of rotatable bonds is 14. The Balaban J connectivity index is 1.55. The van der Waals surface area contributed by atoms with Crippen molar-refractivity contribution in [2.45, 2.75) is 116 Å². The second-order valence-electron chi connectivity index (χ2n) is 14.4. The predicted octanol–water partition coefficient (Wildman–Crippen LogP) is 5.22. The first-order chi connectivity index (χ1) is 25.6. The molecule has 286 valence electrons. The van der Waals surface area contributed by atoms with Crippen LogP contribution in [0.5, 0.6) is 11.5 Å². The summed E-state index contributed by atoms with van der Waals surface area (Å²) in [5, 5.41) is 9.90. The number of unbranched alkanes of at least 4 members (excludes halogenated alkanes) is 2. The number of H-pyrrole nitrogens is 1. The van der Waals surface area contributed by atoms with Gasteiger partial charge >= 0.3 is 0 Å². The van der Waals surface area contributed by atoms with E-state index in [-0.39, 0.29) is 29.9 Å². The molecular formula is C41H55N5O7. The highest BCUT2D eigenvalue weighted by atomic mass is 16.5. The minimum absolute atomic E-state index is 0.0873. The highest BCUT2D eigenvalue weighted by Crippen LogP contribution is 2.36. The largest absolute Gasteiger partial charge is 0.497 e. The lowest BCUT2D eigenvalue weighted by Gasteiger charge is -2.39. The maximum Gasteiger partial charge on any atom is 0.246 e. The van der Waals surface area contributed by atoms with E-state index in [4.69, 9.17) is 9.47 Å². The lowest BCUT2D eigenvalue weighted by molar-refractivity contribution is -0.147. The molecule has 12 nitrogen and oxygen atoms in total. The third-order valence-electron chi connectivity index (χ3n) is 10.8. The lowest BCUT2D eigenvalue weighted by Crippen LogP contribution is -2.64. The van der Waals surface area contributed by atoms with Crippen LogP contribution in [0.1, 0.15) is 90.5 Å². The van der Waals surface area contributed by atoms with Gasteiger partial charge in [-0.3, -0.25) is 24.0 Å². The van der Waals surface area contributed by atoms with E-state index >= 15 is 0 Å². The maximum absolute atomic E-state index is 14.5. The zero-order valence-corrected chi connectivity index (χ0v) is 31.7. The van der Waals surface area contributed by atoms with E-state index in [2.05, 4.69) is 20.9 Å². The van der Waals surface area contributed by atoms with Gasteiger partial charge in [-0.2, -0.15) is 0 Å². The Hall–Kier alpha value is -4.87. The minimum atomic E-state index is -1.09. The summed E-state index contributed by atoms with van der Waals surface area (Å²) in [6.45, 7) is 6.12. The number of benzene rings is 2. The van der Waals surface area contributed by atoms with Gasteiger partial charge in [0, 0.05) is 48.3 Å². The monoisotopic (exact) mass is 729 g/mol. The normalized spacial score (nSPS) is 21.8. The number of aromatic amines is 1. The van der Waals surface area contributed by atoms with Crippen molar-refractivity contribution < 1.29 is 33.4 Å². The summed E-state index contributed by atoms with van der Waals surface area (Å²) in [4.78, 5) is 74.0. The Morgan fingerprint density at radius 2 is 1.57 bits per heavy atom. The van der Waals surface area contributed by atoms with Gasteiger partial charge < -0.3 is 35.3 Å². The number of amides is 4. The standard InChI is InChI=1S/C41H55N5O7/c1-6-25(3)36-41(51)46-20-14-13-19-35(46)40(50)43-33(18-10-8-9-15-27(47)7-2)38(48)44-34(39(49)45-36)24-31-30-16-11-12-17-32(30)42-37(31)26-21-28(52-4)23-29(22-26)53-5/h11-12,16-17,21-23,25,33-36,42H,6-10,13-15,18-20,24H2,1-5H3,(H,43,50)(H,44,48)(H,45,49)/t25-,33+,34+,35-,36+/m1/s1. The fourth-order valence-electron chi connectivity index (χ4n) is 7.44. The van der Waals surface area contributed by atoms with Gasteiger partial charge in [0.25, 0.3) is 0 Å². The number of nitrogens with zero attached hydrogens (tertiary/aromatic N) is 1. The van der Waals surface area contributed by atoms with Crippen LogP contribution in [0, 0.1) is 5.92 Å². The highest BCUT2D eigenvalue weighted by Gasteiger charge is 2.41. The van der Waals surface area contributed by atoms with Crippen molar-refractivity contribution in [3.63, 3.8) is 0 Å². The first kappa shape index (κ1) is 39.3. The van der Waals surface area contributed by atoms with Gasteiger partial charge in [-0.1, -0.05) is 58.2 Å². The summed E-state index contributed by atoms with van der Waals surface area (Å²) >= 11 is 0. The van der Waals surface area contributed by atoms with Crippen LogP contribution >= 0.6 is 0 Å². The fourth-order valence-corrected chi connectivity index (χ4v) is 7.44. The molecule has 2 aliphatic rings. The molecule has 0 radical (unpaired) electrons. The van der Waals surface area contributed by atoms with Crippen molar-refractivity contribution in [1.29, 1.82) is 0 Å². The summed E-state index contributed by atoms with van der Waals surface area (Å²) in [5.41, 5.74) is 3.12. The first-order valence-electron chi connectivity index (χ1n) is 19.1. The molecule has 3 aromatic rings. The number of nitrogens with one attached hydrogen (secondary N) is 4. The van der Waals surface area contributed by atoms with E-state index in [1.54, 1.807) is 25.2 Å². The van der Waals surface area contributed by atoms with Crippen LogP contribution in [0.3, 0.4) is 0 Å². The molecule has 1 aromatic heterocycles. The molecule has 5 rings (SSSR count). The number of methoxy groups -OCH3 is 2. The molecule has 2 saturated heterocycles. The molecule has 4 amide bonds. The van der Waals surface area contributed by atoms with E-state index < -0.39 is 36.0 Å². The molecule has 0 bridgehead atoms. The molecule has 4 N–H and O–H groups in total. The number of para-hydroxylation sites is 1. The Bertz CT molecular complexity index is 1760. The average molecular weight is 730 g/mol. The van der Waals surface area contributed by atoms with Gasteiger partial charge in [-0.05, 0) is 61.8 Å². The van der Waals surface area contributed by atoms with Gasteiger partial charge in [0.1, 0.15) is 41.4 Å². The molecule has 2 fully saturated rings. The second kappa shape index (κ2) is 18.3. The number of hydrogen-bond acceptors (Lipinski definition) is 7. The quantitative estimate of drug-likeness (QED) is 0.166. The maximum atomic E-state index is 14.5. The van der Waals surface area contributed by atoms with Crippen molar-refractivity contribution in [2.24, 2.45) is 5.92 Å². The van der Waals surface area contributed by atoms with E-state index in [1.165, 1.54) is 0 Å². The number of fused-ring (bicyclic) bond motifs is 2. The Labute approximate surface area is 312 Å². The van der Waals surface area contributed by atoms with Gasteiger partial charge in [-0.15, -0.1) is 0 Å². The molecule has 2 aromatic carbocycles. The zero-order valence-electron chi connectivity index (χ0n) is 31.7. The van der Waals surface area contributed by atoms with E-state index in [0.29, 0.717) is 69.4 Å². The Morgan fingerprint density at radius 1 is 0.868 bits per heavy atom. The zero-order chi connectivity index (χ0) is 38.1. The number of ether oxygens (including phenoxy) is 2. The van der Waals surface area contributed by atoms with Crippen molar-refractivity contribution in [1.82, 2.24) is 25.8 Å². The van der Waals surface area contributed by atoms with Crippen LogP contribution in [-0.2, 0) is 30.4 Å². The number of piperidine rings is 1. The van der Waals surface area contributed by atoms with Gasteiger partial charge in [0.2, 0.25) is 23.6 Å². The number of ketones is 1. The summed E-state index contributed by atoms with van der Waals surface area (Å²) in [5.74, 6) is -0.456. The van der Waals surface area contributed by atoms with Crippen LogP contribution in [0.25, 0.3) is 22.2 Å². The summed E-state index contributed by atoms with van der Waals surface area (Å²) < 4.78 is 11.1. The van der Waals surface area contributed by atoms with Gasteiger partial charge in [0.15, 0.2) is 0 Å². The van der Waals surface area contributed by atoms with Crippen molar-refractivity contribution >= 4 is 40.3 Å². The van der Waals surface area contributed by atoms with Crippen LogP contribution in [-0.4, -0.2) is 84.2 Å². The summed E-state index contributed by atoms with van der Waals surface area (Å²) in [6.07, 6.45) is 6.00. The molecule has 3 heterocycles. The summed E-state index contributed by atoms with van der Waals surface area (Å²) in [6, 6.07) is 9.64. The third-order valence-corrected chi connectivity index (χ3v) is 10.8. The molecule has 2 aliphatic heterocycles. The molecule has 53 heavy (non-hydrogen) atoms. The molecule has 0 unspecified atom stereocenters. The van der Waals surface area contributed by atoms with Crippen LogP contribution in [0.2, 0.25) is 0 Å². The van der Waals surface area contributed by atoms with Crippen LogP contribution < -0.4 is 25.4 Å². The molecule has 0 spiro atoms. The number of Topliss-reactive ketones (excluding diaryl/α,β-unsaturated/α-hetero) is 1. The third kappa shape index (κ3) is 9.39. The number of aromatic nitrogens is 1. The lowest BCUT2D eigenvalue weighted by atomic mass is 9.92. The molecule has 0 saturated carbocycles. The second-order valence-corrected chi connectivity index (χ2v) is 14.4. The predicted molar refractivity (Wildman–Crippen MR) is 204 cm³/mol. The minimum Gasteiger partial charge on any atom is -0.497 e. The molecule has 12 heteroatoms. The van der Waals surface area contributed by atoms with E-state index in [1.807, 2.05) is 57.2 Å². The molecular weight excluding hydrogens is 674 g/mol. The van der Waals surface area contributed by atoms with Gasteiger partial charge in [0.05, 0.1) is 19.9 Å². The highest BCUT2D eigenvalue weighted by molar-refractivity contribution is 5.99. The van der Waals surface area contributed by atoms with Crippen LogP contribution in [0.4, 0.5) is 0 Å². The fraction of sp³-hybridized carbons (Fsp3) is 0.537. The smallest absolute Gasteiger partial charge is 0.246 e. The van der Waals surface area contributed by atoms with E-state index in [9.17, 15) is 24.0 Å².